The summed E-state index contributed by atoms with van der Waals surface area (Å²) in [6.45, 7) is 5.97. The first-order valence-electron chi connectivity index (χ1n) is 6.74. The fourth-order valence-electron chi connectivity index (χ4n) is 1.66. The van der Waals surface area contributed by atoms with Crippen molar-refractivity contribution in [1.82, 2.24) is 0 Å². The van der Waals surface area contributed by atoms with Crippen LogP contribution in [-0.2, 0) is 16.2 Å². The van der Waals surface area contributed by atoms with E-state index in [2.05, 4.69) is 0 Å². The summed E-state index contributed by atoms with van der Waals surface area (Å²) in [6, 6.07) is 11.4. The highest BCUT2D eigenvalue weighted by atomic mass is 32.1. The molecule has 112 valence electrons. The zero-order chi connectivity index (χ0) is 15.5. The molecule has 0 aliphatic carbocycles. The van der Waals surface area contributed by atoms with Crippen LogP contribution in [-0.4, -0.2) is 5.97 Å². The Balaban J connectivity index is 2.19. The molecule has 2 aromatic rings. The molecule has 0 unspecified atom stereocenters. The summed E-state index contributed by atoms with van der Waals surface area (Å²) in [4.78, 5) is 17.7. The minimum Gasteiger partial charge on any atom is -0.399 e. The van der Waals surface area contributed by atoms with Crippen molar-refractivity contribution in [1.29, 1.82) is 0 Å². The Hall–Kier alpha value is -2.01. The molecule has 5 heteroatoms. The number of benzene rings is 1. The number of nitrogens with zero attached hydrogens (tertiary/aromatic N) is 1. The van der Waals surface area contributed by atoms with Crippen LogP contribution in [0.25, 0.3) is 0 Å². The van der Waals surface area contributed by atoms with E-state index in [1.54, 1.807) is 5.06 Å². The van der Waals surface area contributed by atoms with Gasteiger partial charge < -0.3 is 10.6 Å². The summed E-state index contributed by atoms with van der Waals surface area (Å²) in [5, 5.41) is 4.45. The number of nitrogen functional groups attached to an aromatic ring is 1. The quantitative estimate of drug-likeness (QED) is 0.688. The lowest BCUT2D eigenvalue weighted by Gasteiger charge is -2.25. The molecule has 0 atom stereocenters. The van der Waals surface area contributed by atoms with Crippen molar-refractivity contribution >= 4 is 28.0 Å². The Morgan fingerprint density at radius 3 is 2.62 bits per heavy atom. The number of thiophene rings is 1. The first-order valence-corrected chi connectivity index (χ1v) is 7.62. The maximum absolute atomic E-state index is 12.1. The third-order valence-corrected chi connectivity index (χ3v) is 3.71. The summed E-state index contributed by atoms with van der Waals surface area (Å²) >= 11 is 1.52. The lowest BCUT2D eigenvalue weighted by Crippen LogP contribution is -2.32. The summed E-state index contributed by atoms with van der Waals surface area (Å²) in [5.74, 6) is -0.264. The molecule has 0 aliphatic rings. The minimum absolute atomic E-state index is 0.264. The van der Waals surface area contributed by atoms with Gasteiger partial charge in [-0.25, -0.2) is 4.79 Å². The van der Waals surface area contributed by atoms with Gasteiger partial charge in [-0.2, -0.15) is 5.06 Å². The summed E-state index contributed by atoms with van der Waals surface area (Å²) in [7, 11) is 0. The number of hydroxylamine groups is 1. The highest BCUT2D eigenvalue weighted by Crippen LogP contribution is 2.26. The lowest BCUT2D eigenvalue weighted by atomic mass is 9.98. The minimum atomic E-state index is -0.550. The van der Waals surface area contributed by atoms with Crippen LogP contribution < -0.4 is 10.8 Å². The molecule has 21 heavy (non-hydrogen) atoms. The standard InChI is InChI=1S/C16H20N2O2S/c1-16(2,3)15(19)20-18(14-8-5-9-21-14)11-12-6-4-7-13(17)10-12/h4-10H,11,17H2,1-3H3. The highest BCUT2D eigenvalue weighted by Gasteiger charge is 2.26. The van der Waals surface area contributed by atoms with Crippen molar-refractivity contribution in [2.75, 3.05) is 10.8 Å². The van der Waals surface area contributed by atoms with Crippen LogP contribution in [0.1, 0.15) is 26.3 Å². The number of carbonyl (C=O) groups is 1. The second-order valence-corrected chi connectivity index (χ2v) is 6.79. The van der Waals surface area contributed by atoms with Gasteiger partial charge in [-0.1, -0.05) is 12.1 Å². The number of hydrogen-bond donors (Lipinski definition) is 1. The largest absolute Gasteiger partial charge is 0.399 e. The van der Waals surface area contributed by atoms with Gasteiger partial charge in [0.15, 0.2) is 0 Å². The summed E-state index contributed by atoms with van der Waals surface area (Å²) < 4.78 is 0. The first kappa shape index (κ1) is 15.4. The molecule has 0 fully saturated rings. The predicted octanol–water partition coefficient (Wildman–Crippen LogP) is 3.84. The van der Waals surface area contributed by atoms with E-state index in [0.29, 0.717) is 12.2 Å². The van der Waals surface area contributed by atoms with Gasteiger partial charge in [-0.15, -0.1) is 11.3 Å². The van der Waals surface area contributed by atoms with E-state index >= 15 is 0 Å². The monoisotopic (exact) mass is 304 g/mol. The van der Waals surface area contributed by atoms with Crippen molar-refractivity contribution in [3.63, 3.8) is 0 Å². The normalized spacial score (nSPS) is 11.2. The van der Waals surface area contributed by atoms with Crippen molar-refractivity contribution in [2.24, 2.45) is 5.41 Å². The third-order valence-electron chi connectivity index (χ3n) is 2.83. The maximum Gasteiger partial charge on any atom is 0.337 e. The van der Waals surface area contributed by atoms with Gasteiger partial charge >= 0.3 is 5.97 Å². The second kappa shape index (κ2) is 6.18. The van der Waals surface area contributed by atoms with Crippen molar-refractivity contribution in [2.45, 2.75) is 27.3 Å². The van der Waals surface area contributed by atoms with Crippen LogP contribution in [0.5, 0.6) is 0 Å². The van der Waals surface area contributed by atoms with E-state index in [0.717, 1.165) is 10.6 Å². The highest BCUT2D eigenvalue weighted by molar-refractivity contribution is 7.14. The molecule has 2 rings (SSSR count). The van der Waals surface area contributed by atoms with E-state index in [1.807, 2.05) is 62.5 Å². The van der Waals surface area contributed by atoms with Gasteiger partial charge in [-0.05, 0) is 56.0 Å². The van der Waals surface area contributed by atoms with Crippen LogP contribution in [0.2, 0.25) is 0 Å². The zero-order valence-corrected chi connectivity index (χ0v) is 13.3. The molecule has 0 bridgehead atoms. The topological polar surface area (TPSA) is 55.6 Å². The van der Waals surface area contributed by atoms with Crippen molar-refractivity contribution in [3.8, 4) is 0 Å². The molecular weight excluding hydrogens is 284 g/mol. The van der Waals surface area contributed by atoms with Gasteiger partial charge in [-0.3, -0.25) is 0 Å². The Kier molecular flexibility index (Phi) is 4.53. The zero-order valence-electron chi connectivity index (χ0n) is 12.5. The second-order valence-electron chi connectivity index (χ2n) is 5.86. The Morgan fingerprint density at radius 2 is 2.05 bits per heavy atom. The fraction of sp³-hybridized carbons (Fsp3) is 0.312. The average molecular weight is 304 g/mol. The third kappa shape index (κ3) is 4.23. The maximum atomic E-state index is 12.1. The molecule has 0 saturated carbocycles. The molecule has 4 nitrogen and oxygen atoms in total. The van der Waals surface area contributed by atoms with Gasteiger partial charge in [0.2, 0.25) is 0 Å². The number of hydrogen-bond acceptors (Lipinski definition) is 5. The molecule has 2 N–H and O–H groups in total. The number of nitrogens with two attached hydrogens (primary N) is 1. The van der Waals surface area contributed by atoms with Gasteiger partial charge in [0.05, 0.1) is 12.0 Å². The SMILES string of the molecule is CC(C)(C)C(=O)ON(Cc1cccc(N)c1)c1cccs1. The number of anilines is 2. The van der Waals surface area contributed by atoms with Crippen LogP contribution in [0.3, 0.4) is 0 Å². The van der Waals surface area contributed by atoms with Crippen molar-refractivity contribution in [3.05, 3.63) is 47.3 Å². The van der Waals surface area contributed by atoms with E-state index in [4.69, 9.17) is 10.6 Å². The van der Waals surface area contributed by atoms with Crippen LogP contribution in [0.4, 0.5) is 10.7 Å². The molecule has 1 aromatic carbocycles. The van der Waals surface area contributed by atoms with Gasteiger partial charge in [0.1, 0.15) is 5.00 Å². The Morgan fingerprint density at radius 1 is 1.29 bits per heavy atom. The lowest BCUT2D eigenvalue weighted by molar-refractivity contribution is -0.154. The predicted molar refractivity (Wildman–Crippen MR) is 86.9 cm³/mol. The van der Waals surface area contributed by atoms with Gasteiger partial charge in [0.25, 0.3) is 0 Å². The van der Waals surface area contributed by atoms with Crippen LogP contribution in [0, 0.1) is 5.41 Å². The smallest absolute Gasteiger partial charge is 0.337 e. The average Bonchev–Trinajstić information content (AvgIpc) is 2.90. The Bertz CT molecular complexity index is 603. The van der Waals surface area contributed by atoms with E-state index in [-0.39, 0.29) is 5.97 Å². The summed E-state index contributed by atoms with van der Waals surface area (Å²) in [6.07, 6.45) is 0. The molecule has 0 aliphatic heterocycles. The summed E-state index contributed by atoms with van der Waals surface area (Å²) in [5.41, 5.74) is 6.94. The first-order chi connectivity index (χ1) is 9.86. The molecule has 0 radical (unpaired) electrons. The molecular formula is C16H20N2O2S. The van der Waals surface area contributed by atoms with E-state index in [9.17, 15) is 4.79 Å². The Labute approximate surface area is 129 Å². The van der Waals surface area contributed by atoms with Gasteiger partial charge in [0, 0.05) is 5.69 Å². The van der Waals surface area contributed by atoms with Crippen LogP contribution in [0.15, 0.2) is 41.8 Å². The van der Waals surface area contributed by atoms with E-state index in [1.165, 1.54) is 11.3 Å². The molecule has 0 amide bonds. The molecule has 0 spiro atoms. The van der Waals surface area contributed by atoms with E-state index < -0.39 is 5.41 Å². The number of carbonyl (C=O) groups excluding carboxylic acids is 1. The molecule has 1 aromatic heterocycles. The van der Waals surface area contributed by atoms with Crippen molar-refractivity contribution < 1.29 is 9.63 Å². The molecule has 1 heterocycles. The van der Waals surface area contributed by atoms with Crippen LogP contribution >= 0.6 is 11.3 Å². The fourth-order valence-corrected chi connectivity index (χ4v) is 2.33. The number of rotatable bonds is 4. The molecule has 0 saturated heterocycles.